The number of fused-ring (bicyclic) bond motifs is 3. The highest BCUT2D eigenvalue weighted by molar-refractivity contribution is 8.25. The lowest BCUT2D eigenvalue weighted by atomic mass is 10.1. The van der Waals surface area contributed by atoms with Gasteiger partial charge >= 0.3 is 18.2 Å². The molecule has 4 amide bonds. The zero-order chi connectivity index (χ0) is 32.1. The number of nitrogens with zero attached hydrogens (tertiary/aromatic N) is 5. The van der Waals surface area contributed by atoms with E-state index in [2.05, 4.69) is 10.3 Å². The smallest absolute Gasteiger partial charge is 0.413 e. The van der Waals surface area contributed by atoms with E-state index in [4.69, 9.17) is 15.5 Å². The molecule has 1 aliphatic rings. The van der Waals surface area contributed by atoms with Crippen LogP contribution in [0.3, 0.4) is 0 Å². The average Bonchev–Trinajstić information content (AvgIpc) is 3.36. The number of nitrogens with two attached hydrogens (primary N) is 1. The number of aromatic nitrogens is 3. The van der Waals surface area contributed by atoms with Crippen molar-refractivity contribution in [2.24, 2.45) is 5.73 Å². The molecule has 0 aliphatic carbocycles. The topological polar surface area (TPSA) is 196 Å². The summed E-state index contributed by atoms with van der Waals surface area (Å²) in [6, 6.07) is 15.7. The highest BCUT2D eigenvalue weighted by Crippen LogP contribution is 2.50. The van der Waals surface area contributed by atoms with Crippen molar-refractivity contribution in [1.29, 1.82) is 0 Å². The second-order valence-corrected chi connectivity index (χ2v) is 13.1. The van der Waals surface area contributed by atoms with Gasteiger partial charge in [-0.3, -0.25) is 14.4 Å². The number of carboxylic acid groups (broad SMARTS) is 1. The van der Waals surface area contributed by atoms with Gasteiger partial charge in [-0.05, 0) is 31.4 Å². The molecule has 3 heterocycles. The fourth-order valence-electron chi connectivity index (χ4n) is 5.44. The van der Waals surface area contributed by atoms with Crippen molar-refractivity contribution in [3.63, 3.8) is 0 Å². The summed E-state index contributed by atoms with van der Waals surface area (Å²) < 4.78 is 26.9. The molecule has 0 bridgehead atoms. The van der Waals surface area contributed by atoms with Crippen molar-refractivity contribution in [1.82, 2.24) is 24.3 Å². The number of carbonyl (C=O) groups excluding carboxylic acids is 2. The van der Waals surface area contributed by atoms with E-state index in [9.17, 15) is 28.6 Å². The second kappa shape index (κ2) is 13.6. The Kier molecular flexibility index (Phi) is 9.60. The van der Waals surface area contributed by atoms with E-state index < -0.39 is 28.8 Å². The maximum absolute atomic E-state index is 12.9. The fourth-order valence-corrected chi connectivity index (χ4v) is 6.94. The molecule has 1 saturated heterocycles. The van der Waals surface area contributed by atoms with Gasteiger partial charge in [0.25, 0.3) is 0 Å². The van der Waals surface area contributed by atoms with Crippen molar-refractivity contribution in [3.05, 3.63) is 66.0 Å². The number of ether oxygens (including phenoxy) is 1. The summed E-state index contributed by atoms with van der Waals surface area (Å²) in [5.41, 5.74) is 8.08. The number of primary amides is 1. The molecule has 14 nitrogen and oxygen atoms in total. The van der Waals surface area contributed by atoms with Gasteiger partial charge in [0.15, 0.2) is 5.82 Å². The Morgan fingerprint density at radius 2 is 1.78 bits per heavy atom. The minimum atomic E-state index is -2.64. The van der Waals surface area contributed by atoms with E-state index in [0.717, 1.165) is 10.9 Å². The number of carbonyl (C=O) groups is 3. The summed E-state index contributed by atoms with van der Waals surface area (Å²) in [5.74, 6) is 0.894. The van der Waals surface area contributed by atoms with E-state index in [1.165, 1.54) is 9.80 Å². The number of hydrogen-bond donors (Lipinski definition) is 5. The third-order valence-electron chi connectivity index (χ3n) is 7.75. The zero-order valence-electron chi connectivity index (χ0n) is 24.8. The number of imidazole rings is 1. The number of rotatable bonds is 12. The first-order chi connectivity index (χ1) is 21.6. The molecular formula is C30H37N7O7S. The van der Waals surface area contributed by atoms with E-state index in [1.54, 1.807) is 6.92 Å². The number of anilines is 1. The van der Waals surface area contributed by atoms with Gasteiger partial charge in [0, 0.05) is 25.0 Å². The largest absolute Gasteiger partial charge is 0.465 e. The molecule has 2 aromatic carbocycles. The maximum atomic E-state index is 12.9. The fraction of sp³-hybridized carbons (Fsp3) is 0.367. The molecule has 0 radical (unpaired) electrons. The van der Waals surface area contributed by atoms with E-state index in [1.807, 2.05) is 59.2 Å². The lowest BCUT2D eigenvalue weighted by Crippen LogP contribution is -2.55. The quantitative estimate of drug-likeness (QED) is 0.131. The van der Waals surface area contributed by atoms with Crippen molar-refractivity contribution in [3.8, 4) is 0 Å². The monoisotopic (exact) mass is 639 g/mol. The molecule has 6 N–H and O–H groups in total. The Hall–Kier alpha value is -4.60. The predicted molar refractivity (Wildman–Crippen MR) is 171 cm³/mol. The summed E-state index contributed by atoms with van der Waals surface area (Å²) in [4.78, 5) is 49.0. The Bertz CT molecular complexity index is 1690. The van der Waals surface area contributed by atoms with Gasteiger partial charge < -0.3 is 29.9 Å². The number of hydrogen-bond acceptors (Lipinski definition) is 8. The van der Waals surface area contributed by atoms with Crippen molar-refractivity contribution in [2.45, 2.75) is 45.5 Å². The van der Waals surface area contributed by atoms with Gasteiger partial charge in [0.1, 0.15) is 17.9 Å². The standard InChI is InChI=1S/C30H37N7O7S/c1-2-35(30(40)41)16-24-33-25-26(37(24)15-9-8-14-36(28(31)38)21-18-45(42,43)19-21)22-12-6-7-13-23(22)32-27(25)34-29(39)44-17-20-10-4-3-5-11-20/h3-7,10-13,21,42-43H,2,8-9,14-19H2,1H3,(H2,31,38)(H,40,41)(H,32,34,39). The predicted octanol–water partition coefficient (Wildman–Crippen LogP) is 5.13. The summed E-state index contributed by atoms with van der Waals surface area (Å²) in [6.07, 6.45) is -0.679. The highest BCUT2D eigenvalue weighted by atomic mass is 32.3. The SMILES string of the molecule is CCN(Cc1nc2c(NC(=O)OCc3ccccc3)nc3ccccc3c2n1CCCCN(C(N)=O)C1CS(O)(O)C1)C(=O)O. The van der Waals surface area contributed by atoms with Gasteiger partial charge in [-0.15, -0.1) is 0 Å². The molecule has 0 unspecified atom stereocenters. The Labute approximate surface area is 261 Å². The van der Waals surface area contributed by atoms with Gasteiger partial charge in [0.2, 0.25) is 0 Å². The van der Waals surface area contributed by atoms with E-state index >= 15 is 0 Å². The first kappa shape index (κ1) is 31.8. The Morgan fingerprint density at radius 1 is 1.07 bits per heavy atom. The van der Waals surface area contributed by atoms with Gasteiger partial charge in [0.05, 0.1) is 35.1 Å². The summed E-state index contributed by atoms with van der Waals surface area (Å²) in [6.45, 7) is 2.79. The van der Waals surface area contributed by atoms with Crippen LogP contribution < -0.4 is 11.1 Å². The van der Waals surface area contributed by atoms with Crippen molar-refractivity contribution < 1.29 is 33.3 Å². The lowest BCUT2D eigenvalue weighted by Gasteiger charge is -2.50. The molecular weight excluding hydrogens is 602 g/mol. The van der Waals surface area contributed by atoms with E-state index in [0.29, 0.717) is 48.3 Å². The first-order valence-corrected chi connectivity index (χ1v) is 16.5. The second-order valence-electron chi connectivity index (χ2n) is 10.9. The van der Waals surface area contributed by atoms with Crippen LogP contribution in [-0.4, -0.2) is 87.4 Å². The highest BCUT2D eigenvalue weighted by Gasteiger charge is 2.39. The lowest BCUT2D eigenvalue weighted by molar-refractivity contribution is 0.143. The molecule has 5 rings (SSSR count). The number of unbranched alkanes of at least 4 members (excludes halogenated alkanes) is 1. The minimum Gasteiger partial charge on any atom is -0.465 e. The third kappa shape index (κ3) is 7.38. The van der Waals surface area contributed by atoms with Gasteiger partial charge in [-0.2, -0.15) is 10.6 Å². The molecule has 0 atom stereocenters. The number of pyridine rings is 1. The molecule has 1 aliphatic heterocycles. The number of nitrogens with one attached hydrogen (secondary N) is 1. The molecule has 1 fully saturated rings. The van der Waals surface area contributed by atoms with Crippen LogP contribution in [0.1, 0.15) is 31.2 Å². The van der Waals surface area contributed by atoms with Gasteiger partial charge in [-0.1, -0.05) is 48.5 Å². The van der Waals surface area contributed by atoms with Crippen LogP contribution in [0.5, 0.6) is 0 Å². The zero-order valence-corrected chi connectivity index (χ0v) is 25.7. The van der Waals surface area contributed by atoms with Gasteiger partial charge in [-0.25, -0.2) is 24.4 Å². The van der Waals surface area contributed by atoms with Crippen LogP contribution in [0.15, 0.2) is 54.6 Å². The number of para-hydroxylation sites is 1. The van der Waals surface area contributed by atoms with Crippen molar-refractivity contribution >= 4 is 56.6 Å². The number of amides is 4. The molecule has 15 heteroatoms. The first-order valence-electron chi connectivity index (χ1n) is 14.6. The summed E-state index contributed by atoms with van der Waals surface area (Å²) in [7, 11) is -2.64. The minimum absolute atomic E-state index is 0.0000777. The summed E-state index contributed by atoms with van der Waals surface area (Å²) >= 11 is 0. The van der Waals surface area contributed by atoms with Crippen molar-refractivity contribution in [2.75, 3.05) is 29.9 Å². The molecule has 0 saturated carbocycles. The normalized spacial score (nSPS) is 14.9. The maximum Gasteiger partial charge on any atom is 0.413 e. The van der Waals surface area contributed by atoms with Crippen LogP contribution in [0, 0.1) is 0 Å². The number of benzene rings is 2. The molecule has 240 valence electrons. The molecule has 45 heavy (non-hydrogen) atoms. The third-order valence-corrected chi connectivity index (χ3v) is 9.59. The summed E-state index contributed by atoms with van der Waals surface area (Å²) in [5, 5.41) is 13.3. The van der Waals surface area contributed by atoms with Crippen LogP contribution in [0.4, 0.5) is 20.2 Å². The average molecular weight is 640 g/mol. The molecule has 2 aromatic heterocycles. The molecule has 0 spiro atoms. The van der Waals surface area contributed by atoms with Crippen LogP contribution in [0.25, 0.3) is 21.9 Å². The Balaban J connectivity index is 1.44. The van der Waals surface area contributed by atoms with Crippen LogP contribution in [0.2, 0.25) is 0 Å². The number of urea groups is 1. The molecule has 4 aromatic rings. The van der Waals surface area contributed by atoms with Crippen LogP contribution in [-0.2, 0) is 24.4 Å². The number of aryl methyl sites for hydroxylation is 1. The van der Waals surface area contributed by atoms with Crippen LogP contribution >= 0.6 is 10.6 Å². The van der Waals surface area contributed by atoms with E-state index in [-0.39, 0.29) is 43.1 Å². The Morgan fingerprint density at radius 3 is 2.44 bits per heavy atom.